The van der Waals surface area contributed by atoms with Crippen molar-refractivity contribution in [3.8, 4) is 17.2 Å². The summed E-state index contributed by atoms with van der Waals surface area (Å²) in [5, 5.41) is 22.7. The Labute approximate surface area is 249 Å². The van der Waals surface area contributed by atoms with E-state index >= 15 is 0 Å². The Kier molecular flexibility index (Phi) is 7.17. The molecule has 1 aliphatic carbocycles. The van der Waals surface area contributed by atoms with Crippen LogP contribution in [0.2, 0.25) is 0 Å². The summed E-state index contributed by atoms with van der Waals surface area (Å²) in [6.07, 6.45) is 10.4. The highest BCUT2D eigenvalue weighted by molar-refractivity contribution is 6.03. The molecular formula is C34H32N3O6+. The second-order valence-corrected chi connectivity index (χ2v) is 11.5. The molecule has 3 aromatic rings. The van der Waals surface area contributed by atoms with Crippen molar-refractivity contribution in [1.82, 2.24) is 0 Å². The number of allylic oxidation sites excluding steroid dienone is 4. The molecule has 0 atom stereocenters. The highest BCUT2D eigenvalue weighted by atomic mass is 16.6. The van der Waals surface area contributed by atoms with Gasteiger partial charge in [0.1, 0.15) is 23.8 Å². The normalized spacial score (nSPS) is 16.8. The molecule has 0 aromatic heterocycles. The average molecular weight is 579 g/mol. The summed E-state index contributed by atoms with van der Waals surface area (Å²) in [5.74, 6) is 1.67. The summed E-state index contributed by atoms with van der Waals surface area (Å²) in [7, 11) is 0. The number of non-ortho nitro benzene ring substituents is 1. The van der Waals surface area contributed by atoms with E-state index in [-0.39, 0.29) is 16.9 Å². The van der Waals surface area contributed by atoms with Crippen LogP contribution in [-0.4, -0.2) is 26.7 Å². The van der Waals surface area contributed by atoms with Crippen molar-refractivity contribution < 1.29 is 23.9 Å². The second kappa shape index (κ2) is 11.0. The molecule has 0 fully saturated rings. The molecular weight excluding hydrogens is 546 g/mol. The highest BCUT2D eigenvalue weighted by Crippen LogP contribution is 2.44. The van der Waals surface area contributed by atoms with Gasteiger partial charge in [-0.2, -0.15) is 4.58 Å². The van der Waals surface area contributed by atoms with Gasteiger partial charge in [-0.05, 0) is 74.6 Å². The fourth-order valence-electron chi connectivity index (χ4n) is 6.17. The van der Waals surface area contributed by atoms with E-state index in [4.69, 9.17) is 9.47 Å². The topological polar surface area (TPSA) is 108 Å². The van der Waals surface area contributed by atoms with Crippen molar-refractivity contribution in [3.63, 3.8) is 0 Å². The Bertz CT molecular complexity index is 1800. The maximum absolute atomic E-state index is 11.6. The number of benzene rings is 3. The molecule has 3 aliphatic rings. The Hall–Kier alpha value is -5.05. The largest absolute Gasteiger partial charge is 0.456 e. The van der Waals surface area contributed by atoms with E-state index in [0.717, 1.165) is 60.8 Å². The summed E-state index contributed by atoms with van der Waals surface area (Å²) >= 11 is 0. The van der Waals surface area contributed by atoms with Gasteiger partial charge in [-0.1, -0.05) is 25.1 Å². The lowest BCUT2D eigenvalue weighted by Crippen LogP contribution is -2.28. The number of fused-ring (bicyclic) bond motifs is 3. The Morgan fingerprint density at radius 1 is 1.00 bits per heavy atom. The number of nitro groups is 2. The maximum Gasteiger partial charge on any atom is 0.318 e. The van der Waals surface area contributed by atoms with E-state index in [9.17, 15) is 20.2 Å². The first-order chi connectivity index (χ1) is 20.7. The molecule has 6 rings (SSSR count). The van der Waals surface area contributed by atoms with E-state index < -0.39 is 15.5 Å². The van der Waals surface area contributed by atoms with Crippen LogP contribution in [0.1, 0.15) is 57.6 Å². The third-order valence-corrected chi connectivity index (χ3v) is 8.27. The van der Waals surface area contributed by atoms with Crippen LogP contribution in [0.3, 0.4) is 0 Å². The minimum absolute atomic E-state index is 0.0862. The molecule has 0 unspecified atom stereocenters. The predicted molar refractivity (Wildman–Crippen MR) is 164 cm³/mol. The zero-order valence-electron chi connectivity index (χ0n) is 24.3. The smallest absolute Gasteiger partial charge is 0.318 e. The standard InChI is InChI=1S/C34H32N3O6/c1-4-18-35-28-11-6-5-10-27(28)34(2,3)32(35)17-13-22-8-7-9-24-19-23-12-15-26(21-31(23)43-33(22)24)42-30-16-14-25(36(38)39)20-29(30)37(40)41/h5-6,10-17,19-21H,4,7-9,18H2,1-3H3/q+1/b17-13+. The molecule has 9 nitrogen and oxygen atoms in total. The van der Waals surface area contributed by atoms with Gasteiger partial charge < -0.3 is 9.47 Å². The second-order valence-electron chi connectivity index (χ2n) is 11.5. The monoisotopic (exact) mass is 578 g/mol. The number of para-hydroxylation sites is 1. The van der Waals surface area contributed by atoms with E-state index in [1.807, 2.05) is 6.07 Å². The Morgan fingerprint density at radius 3 is 2.58 bits per heavy atom. The fraction of sp³-hybridized carbons (Fsp3) is 0.265. The molecule has 0 spiro atoms. The number of ether oxygens (including phenoxy) is 2. The van der Waals surface area contributed by atoms with Crippen molar-refractivity contribution in [2.24, 2.45) is 0 Å². The maximum atomic E-state index is 11.6. The van der Waals surface area contributed by atoms with Gasteiger partial charge in [-0.3, -0.25) is 20.2 Å². The first-order valence-corrected chi connectivity index (χ1v) is 14.5. The van der Waals surface area contributed by atoms with Gasteiger partial charge >= 0.3 is 5.69 Å². The van der Waals surface area contributed by atoms with Crippen LogP contribution in [0, 0.1) is 20.2 Å². The molecule has 43 heavy (non-hydrogen) atoms. The first-order valence-electron chi connectivity index (χ1n) is 14.5. The zero-order valence-corrected chi connectivity index (χ0v) is 24.3. The minimum Gasteiger partial charge on any atom is -0.456 e. The van der Waals surface area contributed by atoms with Crippen LogP contribution >= 0.6 is 0 Å². The van der Waals surface area contributed by atoms with Gasteiger partial charge in [0.2, 0.25) is 11.4 Å². The molecule has 0 saturated heterocycles. The van der Waals surface area contributed by atoms with Crippen LogP contribution < -0.4 is 9.47 Å². The number of rotatable bonds is 8. The van der Waals surface area contributed by atoms with Gasteiger partial charge in [-0.15, -0.1) is 0 Å². The van der Waals surface area contributed by atoms with Crippen LogP contribution in [0.4, 0.5) is 17.1 Å². The van der Waals surface area contributed by atoms with E-state index in [2.05, 4.69) is 67.8 Å². The van der Waals surface area contributed by atoms with Gasteiger partial charge in [0.05, 0.1) is 21.3 Å². The number of nitrogens with zero attached hydrogens (tertiary/aromatic N) is 3. The molecule has 9 heteroatoms. The molecule has 0 saturated carbocycles. The lowest BCUT2D eigenvalue weighted by molar-refractivity contribution is -0.437. The average Bonchev–Trinajstić information content (AvgIpc) is 3.20. The molecule has 3 aromatic carbocycles. The molecule has 2 aliphatic heterocycles. The number of nitro benzene ring substituents is 2. The third-order valence-electron chi connectivity index (χ3n) is 8.27. The highest BCUT2D eigenvalue weighted by Gasteiger charge is 2.43. The van der Waals surface area contributed by atoms with Gasteiger partial charge in [0, 0.05) is 41.8 Å². The molecule has 0 amide bonds. The lowest BCUT2D eigenvalue weighted by Gasteiger charge is -2.27. The van der Waals surface area contributed by atoms with E-state index in [1.54, 1.807) is 12.1 Å². The van der Waals surface area contributed by atoms with Crippen LogP contribution in [-0.2, 0) is 5.41 Å². The molecule has 0 radical (unpaired) electrons. The van der Waals surface area contributed by atoms with Gasteiger partial charge in [-0.25, -0.2) is 0 Å². The number of hydrogen-bond donors (Lipinski definition) is 0. The third kappa shape index (κ3) is 5.11. The molecule has 0 N–H and O–H groups in total. The summed E-state index contributed by atoms with van der Waals surface area (Å²) in [6.45, 7) is 7.69. The van der Waals surface area contributed by atoms with Crippen molar-refractivity contribution in [2.75, 3.05) is 6.54 Å². The zero-order chi connectivity index (χ0) is 30.3. The van der Waals surface area contributed by atoms with Crippen LogP contribution in [0.5, 0.6) is 17.2 Å². The van der Waals surface area contributed by atoms with Gasteiger partial charge in [0.15, 0.2) is 5.71 Å². The Balaban J connectivity index is 1.32. The van der Waals surface area contributed by atoms with Crippen molar-refractivity contribution in [3.05, 3.63) is 121 Å². The quantitative estimate of drug-likeness (QED) is 0.151. The Morgan fingerprint density at radius 2 is 1.81 bits per heavy atom. The summed E-state index contributed by atoms with van der Waals surface area (Å²) in [4.78, 5) is 21.3. The summed E-state index contributed by atoms with van der Waals surface area (Å²) in [6, 6.07) is 17.2. The SMILES string of the molecule is CCC[N+]1=C(/C=C/C2=C3Oc4cc(Oc5ccc([N+](=O)[O-])cc5[N+](=O)[O-])ccc4C=C3CCC2)C(C)(C)c2ccccc21. The van der Waals surface area contributed by atoms with Gasteiger partial charge in [0.25, 0.3) is 5.69 Å². The lowest BCUT2D eigenvalue weighted by atomic mass is 9.81. The van der Waals surface area contributed by atoms with Crippen molar-refractivity contribution >= 4 is 28.8 Å². The fourth-order valence-corrected chi connectivity index (χ4v) is 6.17. The summed E-state index contributed by atoms with van der Waals surface area (Å²) in [5.41, 5.74) is 6.02. The minimum atomic E-state index is -0.693. The first kappa shape index (κ1) is 28.1. The van der Waals surface area contributed by atoms with Crippen molar-refractivity contribution in [1.29, 1.82) is 0 Å². The molecule has 2 heterocycles. The van der Waals surface area contributed by atoms with Crippen molar-refractivity contribution in [2.45, 2.75) is 51.9 Å². The van der Waals surface area contributed by atoms with E-state index in [0.29, 0.717) is 11.5 Å². The van der Waals surface area contributed by atoms with Crippen LogP contribution in [0.25, 0.3) is 6.08 Å². The van der Waals surface area contributed by atoms with Crippen LogP contribution in [0.15, 0.2) is 89.7 Å². The number of hydrogen-bond acceptors (Lipinski definition) is 6. The summed E-state index contributed by atoms with van der Waals surface area (Å²) < 4.78 is 14.8. The van der Waals surface area contributed by atoms with E-state index in [1.165, 1.54) is 29.1 Å². The molecule has 218 valence electrons. The predicted octanol–water partition coefficient (Wildman–Crippen LogP) is 8.55. The molecule has 0 bridgehead atoms.